The van der Waals surface area contributed by atoms with Crippen LogP contribution in [0.2, 0.25) is 0 Å². The van der Waals surface area contributed by atoms with Gasteiger partial charge in [0.25, 0.3) is 0 Å². The molecule has 1 saturated heterocycles. The summed E-state index contributed by atoms with van der Waals surface area (Å²) in [6, 6.07) is 0.431. The molecule has 72 valence electrons. The molecule has 0 aliphatic carbocycles. The Balaban J connectivity index is 1.72. The van der Waals surface area contributed by atoms with Crippen molar-refractivity contribution in [3.8, 4) is 0 Å². The maximum Gasteiger partial charge on any atom is 0.229 e. The fourth-order valence-electron chi connectivity index (χ4n) is 1.41. The normalized spacial score (nSPS) is 23.2. The molecule has 1 fully saturated rings. The summed E-state index contributed by atoms with van der Waals surface area (Å²) in [6.45, 7) is 2.31. The van der Waals surface area contributed by atoms with Crippen LogP contribution < -0.4 is 5.32 Å². The van der Waals surface area contributed by atoms with Gasteiger partial charge in [0.1, 0.15) is 0 Å². The van der Waals surface area contributed by atoms with Crippen molar-refractivity contribution in [1.82, 2.24) is 15.5 Å². The number of hydrogen-bond donors (Lipinski definition) is 1. The van der Waals surface area contributed by atoms with Gasteiger partial charge in [-0.3, -0.25) is 0 Å². The third kappa shape index (κ3) is 2.50. The molecule has 1 aliphatic heterocycles. The van der Waals surface area contributed by atoms with Crippen molar-refractivity contribution in [3.63, 3.8) is 0 Å². The van der Waals surface area contributed by atoms with Crippen LogP contribution in [0.5, 0.6) is 0 Å². The maximum atomic E-state index is 5.32. The van der Waals surface area contributed by atoms with E-state index < -0.39 is 0 Å². The molecule has 13 heavy (non-hydrogen) atoms. The van der Waals surface area contributed by atoms with Crippen molar-refractivity contribution >= 4 is 0 Å². The van der Waals surface area contributed by atoms with Crippen LogP contribution in [0, 0.1) is 0 Å². The number of hydrogen-bond acceptors (Lipinski definition) is 5. The van der Waals surface area contributed by atoms with Crippen LogP contribution in [0.1, 0.15) is 18.7 Å². The molecule has 0 spiro atoms. The van der Waals surface area contributed by atoms with Crippen LogP contribution in [0.3, 0.4) is 0 Å². The Morgan fingerprint density at radius 3 is 3.31 bits per heavy atom. The van der Waals surface area contributed by atoms with Gasteiger partial charge < -0.3 is 14.5 Å². The fourth-order valence-corrected chi connectivity index (χ4v) is 1.41. The average molecular weight is 183 g/mol. The Hall–Kier alpha value is -0.940. The van der Waals surface area contributed by atoms with Gasteiger partial charge in [-0.25, -0.2) is 0 Å². The van der Waals surface area contributed by atoms with E-state index in [2.05, 4.69) is 15.5 Å². The second kappa shape index (κ2) is 4.34. The minimum Gasteiger partial charge on any atom is -0.427 e. The van der Waals surface area contributed by atoms with E-state index in [1.807, 2.05) is 0 Å². The second-order valence-electron chi connectivity index (χ2n) is 3.13. The Labute approximate surface area is 76.5 Å². The van der Waals surface area contributed by atoms with E-state index in [-0.39, 0.29) is 0 Å². The van der Waals surface area contributed by atoms with Crippen molar-refractivity contribution < 1.29 is 9.15 Å². The topological polar surface area (TPSA) is 60.2 Å². The molecule has 0 aromatic carbocycles. The van der Waals surface area contributed by atoms with Crippen molar-refractivity contribution in [1.29, 1.82) is 0 Å². The predicted molar refractivity (Wildman–Crippen MR) is 45.0 cm³/mol. The highest BCUT2D eigenvalue weighted by Crippen LogP contribution is 2.06. The third-order valence-corrected chi connectivity index (χ3v) is 2.11. The van der Waals surface area contributed by atoms with Gasteiger partial charge in [0.15, 0.2) is 0 Å². The van der Waals surface area contributed by atoms with Crippen LogP contribution in [0.25, 0.3) is 0 Å². The first-order chi connectivity index (χ1) is 6.45. The number of aromatic nitrogens is 2. The van der Waals surface area contributed by atoms with Gasteiger partial charge in [0.2, 0.25) is 12.3 Å². The summed E-state index contributed by atoms with van der Waals surface area (Å²) in [5.41, 5.74) is 0. The number of nitrogens with one attached hydrogen (secondary N) is 1. The summed E-state index contributed by atoms with van der Waals surface area (Å²) < 4.78 is 10.3. The van der Waals surface area contributed by atoms with Gasteiger partial charge in [-0.2, -0.15) is 0 Å². The zero-order valence-corrected chi connectivity index (χ0v) is 7.40. The van der Waals surface area contributed by atoms with Crippen LogP contribution in [0.4, 0.5) is 0 Å². The second-order valence-corrected chi connectivity index (χ2v) is 3.13. The lowest BCUT2D eigenvalue weighted by atomic mass is 10.1. The first kappa shape index (κ1) is 8.65. The van der Waals surface area contributed by atoms with Crippen molar-refractivity contribution in [3.05, 3.63) is 12.3 Å². The lowest BCUT2D eigenvalue weighted by molar-refractivity contribution is 0.0691. The number of ether oxygens (including phenoxy) is 1. The summed E-state index contributed by atoms with van der Waals surface area (Å²) in [5.74, 6) is 0.630. The molecule has 1 aliphatic rings. The summed E-state index contributed by atoms with van der Waals surface area (Å²) in [7, 11) is 0. The molecule has 1 unspecified atom stereocenters. The van der Waals surface area contributed by atoms with E-state index in [1.54, 1.807) is 0 Å². The Morgan fingerprint density at radius 1 is 1.62 bits per heavy atom. The molecule has 0 radical (unpaired) electrons. The van der Waals surface area contributed by atoms with Crippen LogP contribution in [-0.2, 0) is 11.3 Å². The van der Waals surface area contributed by atoms with E-state index in [9.17, 15) is 0 Å². The zero-order valence-electron chi connectivity index (χ0n) is 7.40. The molecule has 0 amide bonds. The molecule has 1 aromatic heterocycles. The Morgan fingerprint density at radius 2 is 2.62 bits per heavy atom. The third-order valence-electron chi connectivity index (χ3n) is 2.11. The van der Waals surface area contributed by atoms with Crippen LogP contribution in [-0.4, -0.2) is 29.5 Å². The minimum atomic E-state index is 0.431. The van der Waals surface area contributed by atoms with Crippen LogP contribution in [0.15, 0.2) is 10.8 Å². The largest absolute Gasteiger partial charge is 0.427 e. The highest BCUT2D eigenvalue weighted by atomic mass is 16.5. The van der Waals surface area contributed by atoms with Crippen molar-refractivity contribution in [2.75, 3.05) is 13.2 Å². The van der Waals surface area contributed by atoms with E-state index in [0.717, 1.165) is 26.1 Å². The monoisotopic (exact) mass is 183 g/mol. The molecular formula is C8H13N3O2. The number of rotatable bonds is 3. The maximum absolute atomic E-state index is 5.32. The van der Waals surface area contributed by atoms with E-state index in [1.165, 1.54) is 6.39 Å². The molecular weight excluding hydrogens is 170 g/mol. The zero-order chi connectivity index (χ0) is 8.93. The SMILES string of the molecule is c1nnc(CNC2CCCOC2)o1. The summed E-state index contributed by atoms with van der Waals surface area (Å²) in [5, 5.41) is 10.7. The summed E-state index contributed by atoms with van der Waals surface area (Å²) in [6.07, 6.45) is 3.63. The van der Waals surface area contributed by atoms with Gasteiger partial charge in [-0.15, -0.1) is 10.2 Å². The first-order valence-electron chi connectivity index (χ1n) is 4.51. The molecule has 1 aromatic rings. The molecule has 5 heteroatoms. The molecule has 1 atom stereocenters. The molecule has 2 heterocycles. The smallest absolute Gasteiger partial charge is 0.229 e. The molecule has 0 bridgehead atoms. The van der Waals surface area contributed by atoms with E-state index in [4.69, 9.17) is 9.15 Å². The molecule has 5 nitrogen and oxygen atoms in total. The first-order valence-corrected chi connectivity index (χ1v) is 4.51. The lowest BCUT2D eigenvalue weighted by Crippen LogP contribution is -2.36. The van der Waals surface area contributed by atoms with Gasteiger partial charge in [0.05, 0.1) is 13.2 Å². The Bertz CT molecular complexity index is 232. The molecule has 2 rings (SSSR count). The van der Waals surface area contributed by atoms with Gasteiger partial charge in [-0.1, -0.05) is 0 Å². The predicted octanol–water partition coefficient (Wildman–Crippen LogP) is 0.338. The van der Waals surface area contributed by atoms with Crippen LogP contribution >= 0.6 is 0 Å². The van der Waals surface area contributed by atoms with Crippen molar-refractivity contribution in [2.24, 2.45) is 0 Å². The molecule has 1 N–H and O–H groups in total. The highest BCUT2D eigenvalue weighted by molar-refractivity contribution is 4.76. The van der Waals surface area contributed by atoms with Gasteiger partial charge >= 0.3 is 0 Å². The van der Waals surface area contributed by atoms with Crippen molar-refractivity contribution in [2.45, 2.75) is 25.4 Å². The van der Waals surface area contributed by atoms with E-state index in [0.29, 0.717) is 18.5 Å². The standard InChI is InChI=1S/C8H13N3O2/c1-2-7(5-12-3-1)9-4-8-11-10-6-13-8/h6-7,9H,1-5H2. The lowest BCUT2D eigenvalue weighted by Gasteiger charge is -2.22. The van der Waals surface area contributed by atoms with Gasteiger partial charge in [-0.05, 0) is 12.8 Å². The summed E-state index contributed by atoms with van der Waals surface area (Å²) in [4.78, 5) is 0. The average Bonchev–Trinajstić information content (AvgIpc) is 2.69. The Kier molecular flexibility index (Phi) is 2.89. The fraction of sp³-hybridized carbons (Fsp3) is 0.750. The quantitative estimate of drug-likeness (QED) is 0.732. The highest BCUT2D eigenvalue weighted by Gasteiger charge is 2.13. The minimum absolute atomic E-state index is 0.431. The molecule has 0 saturated carbocycles. The number of nitrogens with zero attached hydrogens (tertiary/aromatic N) is 2. The van der Waals surface area contributed by atoms with E-state index >= 15 is 0 Å². The summed E-state index contributed by atoms with van der Waals surface area (Å²) >= 11 is 0. The van der Waals surface area contributed by atoms with Gasteiger partial charge in [0, 0.05) is 12.6 Å².